The number of alkyl halides is 2. The number of carbonyl (C=O) groups excluding carboxylic acids is 1. The average Bonchev–Trinajstić information content (AvgIpc) is 3.11. The van der Waals surface area contributed by atoms with E-state index in [1.807, 2.05) is 0 Å². The Balaban J connectivity index is 1.36. The molecule has 0 radical (unpaired) electrons. The third kappa shape index (κ3) is 4.07. The number of urea groups is 1. The van der Waals surface area contributed by atoms with Gasteiger partial charge in [0.25, 0.3) is 5.56 Å². The summed E-state index contributed by atoms with van der Waals surface area (Å²) in [5, 5.41) is 9.25. The second-order valence-electron chi connectivity index (χ2n) is 8.01. The summed E-state index contributed by atoms with van der Waals surface area (Å²) in [6.07, 6.45) is 3.15. The molecule has 2 N–H and O–H groups in total. The van der Waals surface area contributed by atoms with Gasteiger partial charge in [-0.15, -0.1) is 0 Å². The summed E-state index contributed by atoms with van der Waals surface area (Å²) in [5.41, 5.74) is 1.72. The minimum atomic E-state index is -3.01. The normalized spacial score (nSPS) is 18.7. The maximum atomic E-state index is 14.9. The van der Waals surface area contributed by atoms with Gasteiger partial charge in [-0.2, -0.15) is 13.9 Å². The van der Waals surface area contributed by atoms with Crippen molar-refractivity contribution < 1.29 is 22.7 Å². The maximum absolute atomic E-state index is 14.9. The van der Waals surface area contributed by atoms with Crippen LogP contribution in [0.4, 0.5) is 23.7 Å². The number of rotatable bonds is 4. The molecule has 2 aromatic heterocycles. The van der Waals surface area contributed by atoms with E-state index in [-0.39, 0.29) is 39.8 Å². The van der Waals surface area contributed by atoms with Crippen molar-refractivity contribution in [1.29, 1.82) is 0 Å². The lowest BCUT2D eigenvalue weighted by molar-refractivity contribution is -0.0528. The largest absolute Gasteiger partial charge is 0.417 e. The predicted octanol–water partition coefficient (Wildman–Crippen LogP) is 4.52. The number of amides is 2. The first-order chi connectivity index (χ1) is 16.3. The van der Waals surface area contributed by atoms with Crippen LogP contribution in [-0.4, -0.2) is 38.8 Å². The standard InChI is InChI=1S/C22H17ClF3N5O3/c23-14-8-16(15(24)7-13(14)10-1-4-19(27-9-10)34-21(25)26)28-22(33)31-12-2-3-17(31)20-11(5-12)6-18(32)29-30-20/h1,4,6-9,12,17,21H,2-3,5H2,(H,28,33)(H,29,32). The Bertz CT molecular complexity index is 1320. The summed E-state index contributed by atoms with van der Waals surface area (Å²) in [5.74, 6) is -1.01. The number of halogens is 4. The van der Waals surface area contributed by atoms with Crippen molar-refractivity contribution >= 4 is 23.3 Å². The fourth-order valence-corrected chi connectivity index (χ4v) is 4.83. The van der Waals surface area contributed by atoms with Gasteiger partial charge < -0.3 is 15.0 Å². The van der Waals surface area contributed by atoms with Crippen molar-refractivity contribution in [3.8, 4) is 17.0 Å². The molecule has 2 bridgehead atoms. The van der Waals surface area contributed by atoms with Gasteiger partial charge in [-0.25, -0.2) is 19.3 Å². The summed E-state index contributed by atoms with van der Waals surface area (Å²) >= 11 is 6.33. The first-order valence-electron chi connectivity index (χ1n) is 10.4. The number of nitrogens with one attached hydrogen (secondary N) is 2. The van der Waals surface area contributed by atoms with Crippen LogP contribution in [0.25, 0.3) is 11.1 Å². The number of benzene rings is 1. The Labute approximate surface area is 195 Å². The van der Waals surface area contributed by atoms with Gasteiger partial charge in [0, 0.05) is 35.5 Å². The lowest BCUT2D eigenvalue weighted by Crippen LogP contribution is -2.45. The van der Waals surface area contributed by atoms with Crippen molar-refractivity contribution in [2.75, 3.05) is 5.32 Å². The molecule has 1 fully saturated rings. The molecular weight excluding hydrogens is 475 g/mol. The van der Waals surface area contributed by atoms with E-state index in [1.54, 1.807) is 4.90 Å². The summed E-state index contributed by atoms with van der Waals surface area (Å²) < 4.78 is 43.7. The number of nitrogens with zero attached hydrogens (tertiary/aromatic N) is 3. The number of H-pyrrole nitrogens is 1. The number of hydrogen-bond acceptors (Lipinski definition) is 5. The molecule has 3 aromatic rings. The van der Waals surface area contributed by atoms with Crippen LogP contribution in [0, 0.1) is 5.82 Å². The highest BCUT2D eigenvalue weighted by Crippen LogP contribution is 2.42. The van der Waals surface area contributed by atoms with Gasteiger partial charge in [0.1, 0.15) is 5.82 Å². The van der Waals surface area contributed by atoms with Crippen molar-refractivity contribution in [2.45, 2.75) is 38.0 Å². The highest BCUT2D eigenvalue weighted by molar-refractivity contribution is 6.33. The molecular formula is C22H17ClF3N5O3. The number of anilines is 1. The summed E-state index contributed by atoms with van der Waals surface area (Å²) in [7, 11) is 0. The quantitative estimate of drug-likeness (QED) is 0.559. The van der Waals surface area contributed by atoms with Crippen LogP contribution in [-0.2, 0) is 6.42 Å². The van der Waals surface area contributed by atoms with E-state index in [4.69, 9.17) is 11.6 Å². The minimum Gasteiger partial charge on any atom is -0.417 e. The van der Waals surface area contributed by atoms with Crippen LogP contribution < -0.4 is 15.6 Å². The van der Waals surface area contributed by atoms with Crippen molar-refractivity contribution in [3.05, 3.63) is 69.0 Å². The van der Waals surface area contributed by atoms with Crippen LogP contribution in [0.15, 0.2) is 41.3 Å². The fraction of sp³-hybridized carbons (Fsp3) is 0.273. The van der Waals surface area contributed by atoms with E-state index in [2.05, 4.69) is 25.2 Å². The van der Waals surface area contributed by atoms with Crippen LogP contribution in [0.5, 0.6) is 5.88 Å². The number of pyridine rings is 1. The van der Waals surface area contributed by atoms with Gasteiger partial charge in [-0.05, 0) is 43.0 Å². The van der Waals surface area contributed by atoms with Crippen molar-refractivity contribution in [1.82, 2.24) is 20.1 Å². The van der Waals surface area contributed by atoms with Crippen LogP contribution in [0.2, 0.25) is 5.02 Å². The first-order valence-corrected chi connectivity index (χ1v) is 10.8. The Kier molecular flexibility index (Phi) is 5.64. The number of aromatic amines is 1. The fourth-order valence-electron chi connectivity index (χ4n) is 4.56. The second kappa shape index (κ2) is 8.64. The minimum absolute atomic E-state index is 0.107. The lowest BCUT2D eigenvalue weighted by atomic mass is 9.99. The Morgan fingerprint density at radius 3 is 2.82 bits per heavy atom. The van der Waals surface area contributed by atoms with Gasteiger partial charge in [-0.1, -0.05) is 11.6 Å². The van der Waals surface area contributed by atoms with Crippen molar-refractivity contribution in [3.63, 3.8) is 0 Å². The molecule has 2 atom stereocenters. The van der Waals surface area contributed by atoms with Gasteiger partial charge >= 0.3 is 12.6 Å². The van der Waals surface area contributed by atoms with Gasteiger partial charge in [-0.3, -0.25) is 4.79 Å². The highest BCUT2D eigenvalue weighted by atomic mass is 35.5. The van der Waals surface area contributed by atoms with Crippen LogP contribution >= 0.6 is 11.6 Å². The van der Waals surface area contributed by atoms with Crippen LogP contribution in [0.1, 0.15) is 30.1 Å². The van der Waals surface area contributed by atoms with E-state index in [0.717, 1.165) is 18.1 Å². The molecule has 2 aliphatic rings. The Morgan fingerprint density at radius 1 is 1.26 bits per heavy atom. The second-order valence-corrected chi connectivity index (χ2v) is 8.41. The summed E-state index contributed by atoms with van der Waals surface area (Å²) in [6, 6.07) is 5.62. The third-order valence-electron chi connectivity index (χ3n) is 5.98. The van der Waals surface area contributed by atoms with Gasteiger partial charge in [0.05, 0.1) is 22.4 Å². The topological polar surface area (TPSA) is 100 Å². The Hall–Kier alpha value is -3.60. The zero-order valence-electron chi connectivity index (χ0n) is 17.4. The number of aromatic nitrogens is 3. The molecule has 1 saturated heterocycles. The van der Waals surface area contributed by atoms with E-state index in [0.29, 0.717) is 24.1 Å². The molecule has 0 saturated carbocycles. The van der Waals surface area contributed by atoms with E-state index < -0.39 is 18.5 Å². The van der Waals surface area contributed by atoms with Gasteiger partial charge in [0.15, 0.2) is 0 Å². The zero-order chi connectivity index (χ0) is 24.0. The highest BCUT2D eigenvalue weighted by Gasteiger charge is 2.44. The smallest absolute Gasteiger partial charge is 0.388 e. The number of hydrogen-bond donors (Lipinski definition) is 2. The molecule has 176 valence electrons. The molecule has 5 rings (SSSR count). The summed E-state index contributed by atoms with van der Waals surface area (Å²) in [6.45, 7) is -3.01. The monoisotopic (exact) mass is 491 g/mol. The molecule has 0 spiro atoms. The van der Waals surface area contributed by atoms with Gasteiger partial charge in [0.2, 0.25) is 5.88 Å². The SMILES string of the molecule is O=C(Nc1cc(Cl)c(-c2ccc(OC(F)F)nc2)cc1F)N1C2CCC1c1n[nH]c(=O)cc1C2. The number of fused-ring (bicyclic) bond motifs is 4. The molecule has 12 heteroatoms. The molecule has 0 aliphatic carbocycles. The molecule has 1 aromatic carbocycles. The van der Waals surface area contributed by atoms with Crippen LogP contribution in [0.3, 0.4) is 0 Å². The molecule has 2 aliphatic heterocycles. The van der Waals surface area contributed by atoms with E-state index in [1.165, 1.54) is 30.5 Å². The zero-order valence-corrected chi connectivity index (χ0v) is 18.2. The average molecular weight is 492 g/mol. The van der Waals surface area contributed by atoms with E-state index in [9.17, 15) is 22.8 Å². The van der Waals surface area contributed by atoms with Crippen molar-refractivity contribution in [2.24, 2.45) is 0 Å². The maximum Gasteiger partial charge on any atom is 0.388 e. The molecule has 2 amide bonds. The first kappa shape index (κ1) is 22.2. The lowest BCUT2D eigenvalue weighted by Gasteiger charge is -2.35. The molecule has 34 heavy (non-hydrogen) atoms. The molecule has 8 nitrogen and oxygen atoms in total. The van der Waals surface area contributed by atoms with E-state index >= 15 is 0 Å². The predicted molar refractivity (Wildman–Crippen MR) is 116 cm³/mol. The number of ether oxygens (including phenoxy) is 1. The Morgan fingerprint density at radius 2 is 2.09 bits per heavy atom. The number of carbonyl (C=O) groups is 1. The molecule has 4 heterocycles. The summed E-state index contributed by atoms with van der Waals surface area (Å²) in [4.78, 5) is 30.0. The molecule has 2 unspecified atom stereocenters. The third-order valence-corrected chi connectivity index (χ3v) is 6.30.